The SMILES string of the molecule is CCOCc1nc2c(N)nc3ccccc3c2n1CCCN(C(=O)O)C(C)(C)C. The average molecular weight is 399 g/mol. The lowest BCUT2D eigenvalue weighted by atomic mass is 10.1. The number of rotatable bonds is 7. The van der Waals surface area contributed by atoms with Crippen molar-refractivity contribution in [1.29, 1.82) is 0 Å². The molecule has 0 unspecified atom stereocenters. The normalized spacial score (nSPS) is 12.0. The van der Waals surface area contributed by atoms with Gasteiger partial charge in [-0.3, -0.25) is 0 Å². The van der Waals surface area contributed by atoms with E-state index in [4.69, 9.17) is 15.5 Å². The first-order valence-corrected chi connectivity index (χ1v) is 9.85. The maximum absolute atomic E-state index is 11.6. The van der Waals surface area contributed by atoms with Gasteiger partial charge in [-0.15, -0.1) is 0 Å². The van der Waals surface area contributed by atoms with Gasteiger partial charge in [0.25, 0.3) is 0 Å². The Morgan fingerprint density at radius 1 is 1.28 bits per heavy atom. The molecule has 8 heteroatoms. The van der Waals surface area contributed by atoms with E-state index >= 15 is 0 Å². The van der Waals surface area contributed by atoms with E-state index in [9.17, 15) is 9.90 Å². The van der Waals surface area contributed by atoms with Crippen molar-refractivity contribution in [2.24, 2.45) is 0 Å². The topological polar surface area (TPSA) is 107 Å². The minimum atomic E-state index is -0.915. The predicted octanol–water partition coefficient (Wildman–Crippen LogP) is 3.87. The minimum absolute atomic E-state index is 0.362. The number of hydrogen-bond donors (Lipinski definition) is 2. The van der Waals surface area contributed by atoms with Gasteiger partial charge in [-0.2, -0.15) is 0 Å². The molecule has 8 nitrogen and oxygen atoms in total. The van der Waals surface area contributed by atoms with Crippen molar-refractivity contribution in [3.05, 3.63) is 30.1 Å². The molecule has 3 aromatic rings. The van der Waals surface area contributed by atoms with Crippen molar-refractivity contribution >= 4 is 33.8 Å². The number of aromatic nitrogens is 3. The lowest BCUT2D eigenvalue weighted by Gasteiger charge is -2.33. The first-order valence-electron chi connectivity index (χ1n) is 9.85. The third-order valence-electron chi connectivity index (χ3n) is 4.93. The Morgan fingerprint density at radius 2 is 2.00 bits per heavy atom. The van der Waals surface area contributed by atoms with E-state index in [1.807, 2.05) is 52.0 Å². The Kier molecular flexibility index (Phi) is 5.93. The van der Waals surface area contributed by atoms with Crippen molar-refractivity contribution in [3.8, 4) is 0 Å². The maximum atomic E-state index is 11.6. The number of amides is 1. The molecule has 0 saturated heterocycles. The Labute approximate surface area is 170 Å². The number of para-hydroxylation sites is 1. The van der Waals surface area contributed by atoms with E-state index in [-0.39, 0.29) is 0 Å². The molecule has 0 atom stereocenters. The average Bonchev–Trinajstić information content (AvgIpc) is 3.01. The zero-order valence-corrected chi connectivity index (χ0v) is 17.5. The number of hydrogen-bond acceptors (Lipinski definition) is 5. The summed E-state index contributed by atoms with van der Waals surface area (Å²) in [7, 11) is 0. The third kappa shape index (κ3) is 4.27. The first-order chi connectivity index (χ1) is 13.7. The van der Waals surface area contributed by atoms with Crippen LogP contribution in [0.25, 0.3) is 21.9 Å². The predicted molar refractivity (Wildman–Crippen MR) is 114 cm³/mol. The molecule has 1 amide bonds. The third-order valence-corrected chi connectivity index (χ3v) is 4.93. The highest BCUT2D eigenvalue weighted by Crippen LogP contribution is 2.29. The summed E-state index contributed by atoms with van der Waals surface area (Å²) in [6.45, 7) is 9.59. The van der Waals surface area contributed by atoms with Crippen LogP contribution in [0.5, 0.6) is 0 Å². The number of nitrogen functional groups attached to an aromatic ring is 1. The van der Waals surface area contributed by atoms with Crippen LogP contribution in [0.2, 0.25) is 0 Å². The van der Waals surface area contributed by atoms with Crippen molar-refractivity contribution in [3.63, 3.8) is 0 Å². The van der Waals surface area contributed by atoms with Crippen LogP contribution >= 0.6 is 0 Å². The van der Waals surface area contributed by atoms with Gasteiger partial charge < -0.3 is 25.0 Å². The number of imidazole rings is 1. The van der Waals surface area contributed by atoms with Crippen LogP contribution in [0.3, 0.4) is 0 Å². The second-order valence-electron chi connectivity index (χ2n) is 7.99. The molecule has 0 saturated carbocycles. The number of benzene rings is 1. The van der Waals surface area contributed by atoms with Gasteiger partial charge in [0.2, 0.25) is 0 Å². The monoisotopic (exact) mass is 399 g/mol. The molecule has 0 bridgehead atoms. The molecular formula is C21H29N5O3. The molecule has 3 rings (SSSR count). The molecule has 29 heavy (non-hydrogen) atoms. The van der Waals surface area contributed by atoms with Gasteiger partial charge in [0.15, 0.2) is 5.82 Å². The van der Waals surface area contributed by atoms with E-state index in [2.05, 4.69) is 9.55 Å². The summed E-state index contributed by atoms with van der Waals surface area (Å²) in [5, 5.41) is 10.5. The minimum Gasteiger partial charge on any atom is -0.465 e. The van der Waals surface area contributed by atoms with E-state index in [0.717, 1.165) is 22.2 Å². The zero-order valence-electron chi connectivity index (χ0n) is 17.5. The number of aryl methyl sites for hydroxylation is 1. The Hall–Kier alpha value is -2.87. The molecule has 0 fully saturated rings. The summed E-state index contributed by atoms with van der Waals surface area (Å²) in [5.41, 5.74) is 8.12. The second-order valence-corrected chi connectivity index (χ2v) is 7.99. The Morgan fingerprint density at radius 3 is 2.66 bits per heavy atom. The molecule has 0 aliphatic rings. The van der Waals surface area contributed by atoms with Gasteiger partial charge in [-0.1, -0.05) is 18.2 Å². The highest BCUT2D eigenvalue weighted by atomic mass is 16.5. The molecule has 3 N–H and O–H groups in total. The summed E-state index contributed by atoms with van der Waals surface area (Å²) in [6, 6.07) is 7.82. The number of carboxylic acid groups (broad SMARTS) is 1. The number of ether oxygens (including phenoxy) is 1. The largest absolute Gasteiger partial charge is 0.465 e. The van der Waals surface area contributed by atoms with E-state index in [1.54, 1.807) is 0 Å². The smallest absolute Gasteiger partial charge is 0.407 e. The summed E-state index contributed by atoms with van der Waals surface area (Å²) in [5.74, 6) is 1.15. The van der Waals surface area contributed by atoms with Gasteiger partial charge in [-0.25, -0.2) is 14.8 Å². The van der Waals surface area contributed by atoms with E-state index < -0.39 is 11.6 Å². The molecule has 0 radical (unpaired) electrons. The Bertz CT molecular complexity index is 1020. The van der Waals surface area contributed by atoms with Crippen molar-refractivity contribution in [1.82, 2.24) is 19.4 Å². The standard InChI is InChI=1S/C21H29N5O3/c1-5-29-13-16-24-17-18(14-9-6-7-10-15(14)23-19(17)22)25(16)11-8-12-26(20(27)28)21(2,3)4/h6-7,9-10H,5,8,11-13H2,1-4H3,(H2,22,23)(H,27,28). The fraction of sp³-hybridized carbons (Fsp3) is 0.476. The molecular weight excluding hydrogens is 370 g/mol. The van der Waals surface area contributed by atoms with E-state index in [1.165, 1.54) is 4.90 Å². The second kappa shape index (κ2) is 8.24. The van der Waals surface area contributed by atoms with Crippen molar-refractivity contribution < 1.29 is 14.6 Å². The van der Waals surface area contributed by atoms with E-state index in [0.29, 0.717) is 44.1 Å². The van der Waals surface area contributed by atoms with Crippen LogP contribution in [0.1, 0.15) is 39.9 Å². The quantitative estimate of drug-likeness (QED) is 0.624. The van der Waals surface area contributed by atoms with Crippen LogP contribution in [-0.2, 0) is 17.9 Å². The molecule has 2 aromatic heterocycles. The zero-order chi connectivity index (χ0) is 21.2. The highest BCUT2D eigenvalue weighted by molar-refractivity contribution is 6.06. The van der Waals surface area contributed by atoms with Crippen molar-refractivity contribution in [2.45, 2.75) is 52.8 Å². The van der Waals surface area contributed by atoms with Crippen LogP contribution in [-0.4, -0.2) is 49.3 Å². The number of nitrogens with two attached hydrogens (primary N) is 1. The Balaban J connectivity index is 2.01. The van der Waals surface area contributed by atoms with Gasteiger partial charge in [-0.05, 0) is 40.2 Å². The van der Waals surface area contributed by atoms with Crippen LogP contribution in [0.15, 0.2) is 24.3 Å². The fourth-order valence-corrected chi connectivity index (χ4v) is 3.55. The summed E-state index contributed by atoms with van der Waals surface area (Å²) < 4.78 is 7.70. The molecule has 2 heterocycles. The number of fused-ring (bicyclic) bond motifs is 3. The molecule has 0 aliphatic carbocycles. The highest BCUT2D eigenvalue weighted by Gasteiger charge is 2.26. The first kappa shape index (κ1) is 20.9. The number of pyridine rings is 1. The number of anilines is 1. The maximum Gasteiger partial charge on any atom is 0.407 e. The summed E-state index contributed by atoms with van der Waals surface area (Å²) >= 11 is 0. The lowest BCUT2D eigenvalue weighted by Crippen LogP contribution is -2.45. The van der Waals surface area contributed by atoms with Crippen molar-refractivity contribution in [2.75, 3.05) is 18.9 Å². The number of carbonyl (C=O) groups is 1. The van der Waals surface area contributed by atoms with Gasteiger partial charge >= 0.3 is 6.09 Å². The van der Waals surface area contributed by atoms with Gasteiger partial charge in [0.1, 0.15) is 17.9 Å². The molecule has 0 spiro atoms. The van der Waals surface area contributed by atoms with Crippen LogP contribution in [0, 0.1) is 0 Å². The molecule has 0 aliphatic heterocycles. The van der Waals surface area contributed by atoms with Gasteiger partial charge in [0.05, 0.1) is 11.0 Å². The summed E-state index contributed by atoms with van der Waals surface area (Å²) in [4.78, 5) is 22.3. The fourth-order valence-electron chi connectivity index (χ4n) is 3.55. The van der Waals surface area contributed by atoms with Gasteiger partial charge in [0, 0.05) is 30.6 Å². The molecule has 156 valence electrons. The molecule has 1 aromatic carbocycles. The van der Waals surface area contributed by atoms with Crippen LogP contribution in [0.4, 0.5) is 10.6 Å². The number of nitrogens with zero attached hydrogens (tertiary/aromatic N) is 4. The summed E-state index contributed by atoms with van der Waals surface area (Å²) in [6.07, 6.45) is -0.272. The van der Waals surface area contributed by atoms with Crippen LogP contribution < -0.4 is 5.73 Å². The lowest BCUT2D eigenvalue weighted by molar-refractivity contribution is 0.0980.